The lowest BCUT2D eigenvalue weighted by Gasteiger charge is -1.99. The van der Waals surface area contributed by atoms with Crippen molar-refractivity contribution in [2.75, 3.05) is 0 Å². The molecule has 0 saturated carbocycles. The molecule has 2 aromatic carbocycles. The molecule has 0 aliphatic heterocycles. The fourth-order valence-corrected chi connectivity index (χ4v) is 3.99. The van der Waals surface area contributed by atoms with Crippen LogP contribution in [0.3, 0.4) is 0 Å². The number of hydrogen-bond acceptors (Lipinski definition) is 7. The highest BCUT2D eigenvalue weighted by molar-refractivity contribution is 7.15. The number of aromatic amines is 1. The summed E-state index contributed by atoms with van der Waals surface area (Å²) in [5.74, 6) is 0.492. The number of H-pyrrole nitrogens is 1. The van der Waals surface area contributed by atoms with Crippen molar-refractivity contribution in [3.63, 3.8) is 0 Å². The Morgan fingerprint density at radius 2 is 1.90 bits per heavy atom. The van der Waals surface area contributed by atoms with E-state index in [0.29, 0.717) is 32.1 Å². The maximum atomic E-state index is 12.8. The van der Waals surface area contributed by atoms with E-state index in [1.54, 1.807) is 24.4 Å². The van der Waals surface area contributed by atoms with Crippen LogP contribution in [0.15, 0.2) is 65.6 Å². The number of non-ortho nitro benzene ring substituents is 1. The summed E-state index contributed by atoms with van der Waals surface area (Å²) in [6.07, 6.45) is 3.25. The number of rotatable bonds is 4. The first-order valence-corrected chi connectivity index (χ1v) is 9.67. The molecule has 0 aliphatic rings. The van der Waals surface area contributed by atoms with Crippen LogP contribution in [-0.4, -0.2) is 29.7 Å². The van der Waals surface area contributed by atoms with Crippen LogP contribution in [0.4, 0.5) is 5.69 Å². The van der Waals surface area contributed by atoms with Gasteiger partial charge in [0.15, 0.2) is 5.82 Å². The van der Waals surface area contributed by atoms with Crippen molar-refractivity contribution >= 4 is 28.1 Å². The Labute approximate surface area is 172 Å². The van der Waals surface area contributed by atoms with Gasteiger partial charge in [0.2, 0.25) is 4.96 Å². The van der Waals surface area contributed by atoms with E-state index in [-0.39, 0.29) is 11.2 Å². The topological polar surface area (TPSA) is 119 Å². The molecule has 0 atom stereocenters. The molecule has 0 aliphatic carbocycles. The molecule has 3 aromatic heterocycles. The third-order valence-corrected chi connectivity index (χ3v) is 5.47. The maximum Gasteiger partial charge on any atom is 0.291 e. The average Bonchev–Trinajstić information content (AvgIpc) is 3.46. The summed E-state index contributed by atoms with van der Waals surface area (Å²) in [7, 11) is 0. The Bertz CT molecular complexity index is 1500. The van der Waals surface area contributed by atoms with Gasteiger partial charge in [0, 0.05) is 28.8 Å². The van der Waals surface area contributed by atoms with E-state index in [1.807, 2.05) is 30.3 Å². The third-order valence-electron chi connectivity index (χ3n) is 4.51. The zero-order valence-electron chi connectivity index (χ0n) is 15.2. The average molecular weight is 416 g/mol. The second-order valence-electron chi connectivity index (χ2n) is 6.42. The summed E-state index contributed by atoms with van der Waals surface area (Å²) in [4.78, 5) is 28.4. The van der Waals surface area contributed by atoms with Gasteiger partial charge in [-0.2, -0.15) is 14.6 Å². The Morgan fingerprint density at radius 3 is 2.67 bits per heavy atom. The van der Waals surface area contributed by atoms with Crippen LogP contribution in [0.5, 0.6) is 0 Å². The van der Waals surface area contributed by atoms with Crippen LogP contribution in [-0.2, 0) is 0 Å². The highest BCUT2D eigenvalue weighted by atomic mass is 32.1. The molecule has 3 heterocycles. The summed E-state index contributed by atoms with van der Waals surface area (Å²) in [6.45, 7) is 0. The van der Waals surface area contributed by atoms with Gasteiger partial charge in [-0.05, 0) is 6.08 Å². The van der Waals surface area contributed by atoms with E-state index < -0.39 is 4.92 Å². The lowest BCUT2D eigenvalue weighted by Crippen LogP contribution is -2.23. The van der Waals surface area contributed by atoms with Crippen LogP contribution in [0.1, 0.15) is 5.56 Å². The molecule has 0 unspecified atom stereocenters. The van der Waals surface area contributed by atoms with Gasteiger partial charge in [-0.3, -0.25) is 20.0 Å². The quantitative estimate of drug-likeness (QED) is 0.355. The molecule has 9 nitrogen and oxygen atoms in total. The summed E-state index contributed by atoms with van der Waals surface area (Å²) < 4.78 is 1.73. The van der Waals surface area contributed by atoms with Crippen molar-refractivity contribution in [3.05, 3.63) is 91.4 Å². The second-order valence-corrected chi connectivity index (χ2v) is 7.43. The Morgan fingerprint density at radius 1 is 1.10 bits per heavy atom. The Kier molecular flexibility index (Phi) is 4.18. The normalized spacial score (nSPS) is 11.9. The number of nitro groups is 1. The van der Waals surface area contributed by atoms with Gasteiger partial charge in [0.1, 0.15) is 0 Å². The van der Waals surface area contributed by atoms with Crippen molar-refractivity contribution in [2.45, 2.75) is 0 Å². The molecule has 1 N–H and O–H groups in total. The number of nitrogens with zero attached hydrogens (tertiary/aromatic N) is 5. The fraction of sp³-hybridized carbons (Fsp3) is 0. The van der Waals surface area contributed by atoms with E-state index in [4.69, 9.17) is 0 Å². The predicted molar refractivity (Wildman–Crippen MR) is 112 cm³/mol. The molecule has 0 amide bonds. The minimum absolute atomic E-state index is 0.0233. The number of hydrogen-bond donors (Lipinski definition) is 1. The molecule has 146 valence electrons. The zero-order valence-corrected chi connectivity index (χ0v) is 16.0. The Hall–Kier alpha value is -4.18. The number of nitro benzene ring substituents is 1. The smallest absolute Gasteiger partial charge is 0.277 e. The van der Waals surface area contributed by atoms with Crippen LogP contribution in [0, 0.1) is 10.1 Å². The van der Waals surface area contributed by atoms with E-state index >= 15 is 0 Å². The van der Waals surface area contributed by atoms with Crippen molar-refractivity contribution < 1.29 is 4.92 Å². The van der Waals surface area contributed by atoms with Crippen molar-refractivity contribution in [1.29, 1.82) is 0 Å². The van der Waals surface area contributed by atoms with Gasteiger partial charge >= 0.3 is 0 Å². The van der Waals surface area contributed by atoms with E-state index in [0.717, 1.165) is 5.56 Å². The van der Waals surface area contributed by atoms with Gasteiger partial charge in [-0.25, -0.2) is 0 Å². The standard InChI is InChI=1S/C20H12N6O3S/c27-19-16(30-20-22-18(24-25(19)20)12-5-2-1-3-6-12)10-14-11-21-23-17(14)13-7-4-8-15(9-13)26(28)29/h1-11H,(H,21,23). The molecule has 0 saturated heterocycles. The summed E-state index contributed by atoms with van der Waals surface area (Å²) >= 11 is 1.22. The second kappa shape index (κ2) is 7.01. The number of benzene rings is 2. The maximum absolute atomic E-state index is 12.8. The minimum Gasteiger partial charge on any atom is -0.277 e. The number of thiazole rings is 1. The van der Waals surface area contributed by atoms with Gasteiger partial charge in [-0.1, -0.05) is 53.8 Å². The number of aromatic nitrogens is 5. The van der Waals surface area contributed by atoms with Crippen molar-refractivity contribution in [1.82, 2.24) is 24.8 Å². The first-order valence-electron chi connectivity index (χ1n) is 8.85. The molecule has 10 heteroatoms. The lowest BCUT2D eigenvalue weighted by atomic mass is 10.1. The predicted octanol–water partition coefficient (Wildman–Crippen LogP) is 2.66. The molecule has 5 rings (SSSR count). The van der Waals surface area contributed by atoms with Crippen LogP contribution >= 0.6 is 11.3 Å². The monoisotopic (exact) mass is 416 g/mol. The first-order chi connectivity index (χ1) is 14.6. The molecule has 5 aromatic rings. The zero-order chi connectivity index (χ0) is 20.7. The summed E-state index contributed by atoms with van der Waals surface area (Å²) in [6, 6.07) is 15.7. The summed E-state index contributed by atoms with van der Waals surface area (Å²) in [5.41, 5.74) is 2.36. The fourth-order valence-electron chi connectivity index (χ4n) is 3.10. The number of nitrogens with one attached hydrogen (secondary N) is 1. The highest BCUT2D eigenvalue weighted by Crippen LogP contribution is 2.25. The summed E-state index contributed by atoms with van der Waals surface area (Å²) in [5, 5.41) is 22.3. The first kappa shape index (κ1) is 17.9. The lowest BCUT2D eigenvalue weighted by molar-refractivity contribution is -0.384. The van der Waals surface area contributed by atoms with Gasteiger partial charge in [0.05, 0.1) is 21.3 Å². The highest BCUT2D eigenvalue weighted by Gasteiger charge is 2.14. The SMILES string of the molecule is O=c1c(=Cc2cn[nH]c2-c2cccc([N+](=O)[O-])c2)sc2nc(-c3ccccc3)nn12. The Balaban J connectivity index is 1.58. The van der Waals surface area contributed by atoms with Crippen LogP contribution < -0.4 is 10.1 Å². The molecule has 30 heavy (non-hydrogen) atoms. The van der Waals surface area contributed by atoms with Crippen molar-refractivity contribution in [2.24, 2.45) is 0 Å². The molecule has 0 spiro atoms. The van der Waals surface area contributed by atoms with E-state index in [1.165, 1.54) is 28.0 Å². The van der Waals surface area contributed by atoms with Crippen LogP contribution in [0.25, 0.3) is 33.7 Å². The third kappa shape index (κ3) is 3.05. The van der Waals surface area contributed by atoms with Gasteiger partial charge < -0.3 is 0 Å². The molecular weight excluding hydrogens is 404 g/mol. The largest absolute Gasteiger partial charge is 0.291 e. The van der Waals surface area contributed by atoms with Gasteiger partial charge in [0.25, 0.3) is 11.2 Å². The molecule has 0 radical (unpaired) electrons. The van der Waals surface area contributed by atoms with E-state index in [2.05, 4.69) is 20.3 Å². The molecule has 0 fully saturated rings. The van der Waals surface area contributed by atoms with E-state index in [9.17, 15) is 14.9 Å². The molecular formula is C20H12N6O3S. The van der Waals surface area contributed by atoms with Gasteiger partial charge in [-0.15, -0.1) is 5.10 Å². The minimum atomic E-state index is -0.455. The van der Waals surface area contributed by atoms with Crippen molar-refractivity contribution in [3.8, 4) is 22.6 Å². The molecule has 0 bridgehead atoms. The number of fused-ring (bicyclic) bond motifs is 1. The van der Waals surface area contributed by atoms with Crippen LogP contribution in [0.2, 0.25) is 0 Å².